The molecule has 7 heteroatoms. The number of halogens is 3. The summed E-state index contributed by atoms with van der Waals surface area (Å²) in [7, 11) is 1.72. The molecule has 0 radical (unpaired) electrons. The fourth-order valence-corrected chi connectivity index (χ4v) is 2.93. The first-order valence-corrected chi connectivity index (χ1v) is 8.36. The van der Waals surface area contributed by atoms with Gasteiger partial charge in [0.1, 0.15) is 16.8 Å². The number of benzene rings is 1. The molecule has 1 aromatic carbocycles. The number of carbonyl (C=O) groups excluding carboxylic acids is 1. The number of hydrogen-bond acceptors (Lipinski definition) is 2. The summed E-state index contributed by atoms with van der Waals surface area (Å²) >= 11 is 6.16. The Balaban J connectivity index is 1.78. The minimum absolute atomic E-state index is 0.0899. The Hall–Kier alpha value is -2.21. The molecule has 0 aliphatic heterocycles. The van der Waals surface area contributed by atoms with Crippen molar-refractivity contribution in [2.24, 2.45) is 7.05 Å². The third-order valence-corrected chi connectivity index (χ3v) is 4.66. The molecule has 1 amide bonds. The first kappa shape index (κ1) is 17.6. The van der Waals surface area contributed by atoms with E-state index in [2.05, 4.69) is 5.10 Å². The quantitative estimate of drug-likeness (QED) is 0.754. The van der Waals surface area contributed by atoms with Crippen molar-refractivity contribution in [3.05, 3.63) is 57.9 Å². The largest absolute Gasteiger partial charge is 0.332 e. The number of amides is 1. The maximum Gasteiger partial charge on any atom is 0.247 e. The average Bonchev–Trinajstić information content (AvgIpc) is 3.34. The van der Waals surface area contributed by atoms with Crippen molar-refractivity contribution in [2.75, 3.05) is 0 Å². The molecule has 1 saturated carbocycles. The monoisotopic (exact) mass is 365 g/mol. The Kier molecular flexibility index (Phi) is 4.90. The van der Waals surface area contributed by atoms with E-state index in [4.69, 9.17) is 11.6 Å². The maximum absolute atomic E-state index is 13.9. The highest BCUT2D eigenvalue weighted by atomic mass is 35.5. The second kappa shape index (κ2) is 6.96. The Bertz CT molecular complexity index is 843. The molecule has 0 saturated heterocycles. The van der Waals surface area contributed by atoms with E-state index in [1.54, 1.807) is 18.0 Å². The molecule has 1 heterocycles. The number of aromatic nitrogens is 2. The summed E-state index contributed by atoms with van der Waals surface area (Å²) in [4.78, 5) is 14.2. The molecule has 1 aromatic heterocycles. The predicted octanol–water partition coefficient (Wildman–Crippen LogP) is 3.86. The van der Waals surface area contributed by atoms with Gasteiger partial charge in [-0.25, -0.2) is 8.78 Å². The van der Waals surface area contributed by atoms with Crippen LogP contribution in [-0.4, -0.2) is 26.6 Å². The molecule has 1 aliphatic rings. The Morgan fingerprint density at radius 3 is 2.72 bits per heavy atom. The van der Waals surface area contributed by atoms with E-state index in [1.165, 1.54) is 22.9 Å². The SMILES string of the molecule is Cc1nn(C)c(Cl)c1/C=C/C(=O)N(Cc1ccc(F)cc1F)C1CC1. The molecule has 0 unspecified atom stereocenters. The Labute approximate surface area is 149 Å². The molecule has 1 aliphatic carbocycles. The van der Waals surface area contributed by atoms with Gasteiger partial charge in [-0.3, -0.25) is 9.48 Å². The molecule has 0 atom stereocenters. The van der Waals surface area contributed by atoms with Gasteiger partial charge in [-0.15, -0.1) is 0 Å². The molecule has 2 aromatic rings. The van der Waals surface area contributed by atoms with Gasteiger partial charge >= 0.3 is 0 Å². The van der Waals surface area contributed by atoms with Gasteiger partial charge in [-0.05, 0) is 31.9 Å². The van der Waals surface area contributed by atoms with Crippen molar-refractivity contribution in [2.45, 2.75) is 32.4 Å². The standard InChI is InChI=1S/C18H18ClF2N3O/c1-11-15(18(19)23(2)22-11)7-8-17(25)24(14-5-6-14)10-12-3-4-13(20)9-16(12)21/h3-4,7-9,14H,5-6,10H2,1-2H3/b8-7+. The lowest BCUT2D eigenvalue weighted by atomic mass is 10.2. The number of aryl methyl sites for hydroxylation is 2. The minimum atomic E-state index is -0.645. The van der Waals surface area contributed by atoms with Gasteiger partial charge in [0.05, 0.1) is 5.69 Å². The van der Waals surface area contributed by atoms with Crippen molar-refractivity contribution in [3.63, 3.8) is 0 Å². The second-order valence-corrected chi connectivity index (χ2v) is 6.54. The molecule has 132 valence electrons. The first-order chi connectivity index (χ1) is 11.9. The number of hydrogen-bond donors (Lipinski definition) is 0. The first-order valence-electron chi connectivity index (χ1n) is 7.98. The zero-order valence-electron chi connectivity index (χ0n) is 14.0. The lowest BCUT2D eigenvalue weighted by Gasteiger charge is -2.21. The number of nitrogens with zero attached hydrogens (tertiary/aromatic N) is 3. The summed E-state index contributed by atoms with van der Waals surface area (Å²) in [5, 5.41) is 4.64. The van der Waals surface area contributed by atoms with E-state index in [9.17, 15) is 13.6 Å². The van der Waals surface area contributed by atoms with Crippen LogP contribution >= 0.6 is 11.6 Å². The maximum atomic E-state index is 13.9. The molecular weight excluding hydrogens is 348 g/mol. The molecule has 1 fully saturated rings. The fraction of sp³-hybridized carbons (Fsp3) is 0.333. The van der Waals surface area contributed by atoms with Gasteiger partial charge in [0.2, 0.25) is 5.91 Å². The van der Waals surface area contributed by atoms with Crippen molar-refractivity contribution in [3.8, 4) is 0 Å². The van der Waals surface area contributed by atoms with E-state index in [0.717, 1.165) is 24.6 Å². The minimum Gasteiger partial charge on any atom is -0.332 e. The third kappa shape index (κ3) is 3.90. The van der Waals surface area contributed by atoms with E-state index >= 15 is 0 Å². The zero-order valence-corrected chi connectivity index (χ0v) is 14.7. The highest BCUT2D eigenvalue weighted by Gasteiger charge is 2.32. The predicted molar refractivity (Wildman–Crippen MR) is 91.9 cm³/mol. The average molecular weight is 366 g/mol. The summed E-state index contributed by atoms with van der Waals surface area (Å²) in [6.45, 7) is 1.92. The van der Waals surface area contributed by atoms with E-state index in [1.807, 2.05) is 6.92 Å². The zero-order chi connectivity index (χ0) is 18.1. The van der Waals surface area contributed by atoms with Crippen LogP contribution in [0.5, 0.6) is 0 Å². The van der Waals surface area contributed by atoms with Crippen molar-refractivity contribution >= 4 is 23.6 Å². The molecule has 4 nitrogen and oxygen atoms in total. The molecule has 0 N–H and O–H groups in total. The summed E-state index contributed by atoms with van der Waals surface area (Å²) < 4.78 is 28.5. The molecule has 3 rings (SSSR count). The van der Waals surface area contributed by atoms with Gasteiger partial charge in [-0.1, -0.05) is 17.7 Å². The van der Waals surface area contributed by atoms with E-state index in [0.29, 0.717) is 16.3 Å². The van der Waals surface area contributed by atoms with E-state index < -0.39 is 11.6 Å². The normalized spacial score (nSPS) is 14.3. The smallest absolute Gasteiger partial charge is 0.247 e. The number of rotatable bonds is 5. The van der Waals surface area contributed by atoms with Crippen LogP contribution < -0.4 is 0 Å². The summed E-state index contributed by atoms with van der Waals surface area (Å²) in [6, 6.07) is 3.49. The van der Waals surface area contributed by atoms with E-state index in [-0.39, 0.29) is 18.5 Å². The molecule has 0 spiro atoms. The molecule has 25 heavy (non-hydrogen) atoms. The summed E-state index contributed by atoms with van der Waals surface area (Å²) in [5.74, 6) is -1.51. The number of carbonyl (C=O) groups is 1. The fourth-order valence-electron chi connectivity index (χ4n) is 2.69. The summed E-state index contributed by atoms with van der Waals surface area (Å²) in [5.41, 5.74) is 1.70. The summed E-state index contributed by atoms with van der Waals surface area (Å²) in [6.07, 6.45) is 4.82. The van der Waals surface area contributed by atoms with Crippen LogP contribution in [0.1, 0.15) is 29.7 Å². The lowest BCUT2D eigenvalue weighted by molar-refractivity contribution is -0.127. The van der Waals surface area contributed by atoms with Gasteiger partial charge in [-0.2, -0.15) is 5.10 Å². The van der Waals surface area contributed by atoms with Crippen molar-refractivity contribution in [1.82, 2.24) is 14.7 Å². The van der Waals surface area contributed by atoms with Gasteiger partial charge in [0, 0.05) is 42.9 Å². The van der Waals surface area contributed by atoms with Gasteiger partial charge in [0.25, 0.3) is 0 Å². The molecular formula is C18H18ClF2N3O. The van der Waals surface area contributed by atoms with Crippen LogP contribution in [0.15, 0.2) is 24.3 Å². The topological polar surface area (TPSA) is 38.1 Å². The van der Waals surface area contributed by atoms with Crippen LogP contribution in [0.2, 0.25) is 5.15 Å². The van der Waals surface area contributed by atoms with Crippen LogP contribution in [0, 0.1) is 18.6 Å². The Morgan fingerprint density at radius 2 is 2.16 bits per heavy atom. The van der Waals surface area contributed by atoms with Crippen LogP contribution in [-0.2, 0) is 18.4 Å². The lowest BCUT2D eigenvalue weighted by Crippen LogP contribution is -2.31. The van der Waals surface area contributed by atoms with Gasteiger partial charge < -0.3 is 4.90 Å². The van der Waals surface area contributed by atoms with Crippen LogP contribution in [0.25, 0.3) is 6.08 Å². The highest BCUT2D eigenvalue weighted by Crippen LogP contribution is 2.29. The highest BCUT2D eigenvalue weighted by molar-refractivity contribution is 6.31. The van der Waals surface area contributed by atoms with Gasteiger partial charge in [0.15, 0.2) is 0 Å². The van der Waals surface area contributed by atoms with Crippen molar-refractivity contribution < 1.29 is 13.6 Å². The second-order valence-electron chi connectivity index (χ2n) is 6.18. The third-order valence-electron chi connectivity index (χ3n) is 4.22. The Morgan fingerprint density at radius 1 is 1.44 bits per heavy atom. The van der Waals surface area contributed by atoms with Crippen molar-refractivity contribution in [1.29, 1.82) is 0 Å². The van der Waals surface area contributed by atoms with Crippen LogP contribution in [0.4, 0.5) is 8.78 Å². The molecule has 0 bridgehead atoms. The van der Waals surface area contributed by atoms with Crippen LogP contribution in [0.3, 0.4) is 0 Å².